The largest absolute Gasteiger partial charge is 0.484 e. The first-order valence-corrected chi connectivity index (χ1v) is 13.1. The van der Waals surface area contributed by atoms with Crippen LogP contribution in [0.4, 0.5) is 18.9 Å². The summed E-state index contributed by atoms with van der Waals surface area (Å²) in [5.74, 6) is -1.04. The maximum absolute atomic E-state index is 14.4. The van der Waals surface area contributed by atoms with E-state index in [2.05, 4.69) is 0 Å². The van der Waals surface area contributed by atoms with E-state index in [9.17, 15) is 22.8 Å². The zero-order valence-corrected chi connectivity index (χ0v) is 21.5. The zero-order valence-electron chi connectivity index (χ0n) is 21.5. The Kier molecular flexibility index (Phi) is 8.16. The van der Waals surface area contributed by atoms with Crippen LogP contribution >= 0.6 is 0 Å². The molecule has 0 N–H and O–H groups in total. The van der Waals surface area contributed by atoms with Crippen LogP contribution in [0.5, 0.6) is 5.75 Å². The van der Waals surface area contributed by atoms with Crippen molar-refractivity contribution in [2.75, 3.05) is 50.8 Å². The molecule has 0 saturated carbocycles. The normalized spacial score (nSPS) is 17.9. The van der Waals surface area contributed by atoms with Crippen LogP contribution in [0.2, 0.25) is 0 Å². The van der Waals surface area contributed by atoms with Crippen molar-refractivity contribution in [3.8, 4) is 5.75 Å². The van der Waals surface area contributed by atoms with Crippen molar-refractivity contribution in [2.45, 2.75) is 18.8 Å². The summed E-state index contributed by atoms with van der Waals surface area (Å²) < 4.78 is 46.4. The number of ether oxygens (including phenoxy) is 1. The molecule has 3 aromatic carbocycles. The van der Waals surface area contributed by atoms with Gasteiger partial charge < -0.3 is 14.5 Å². The maximum atomic E-state index is 14.4. The van der Waals surface area contributed by atoms with Crippen LogP contribution in [0.3, 0.4) is 0 Å². The lowest BCUT2D eigenvalue weighted by Gasteiger charge is -2.35. The summed E-state index contributed by atoms with van der Waals surface area (Å²) in [6, 6.07) is 16.4. The lowest BCUT2D eigenvalue weighted by Crippen LogP contribution is -2.52. The van der Waals surface area contributed by atoms with E-state index in [-0.39, 0.29) is 42.5 Å². The van der Waals surface area contributed by atoms with Crippen LogP contribution in [0.1, 0.15) is 29.9 Å². The second-order valence-electron chi connectivity index (χ2n) is 9.89. The molecule has 39 heavy (non-hydrogen) atoms. The molecular formula is C30H30F3N3O3. The number of carbonyl (C=O) groups is 2. The second kappa shape index (κ2) is 11.9. The first-order chi connectivity index (χ1) is 18.9. The number of hydrogen-bond donors (Lipinski definition) is 0. The number of halogens is 3. The van der Waals surface area contributed by atoms with Gasteiger partial charge in [-0.3, -0.25) is 14.5 Å². The van der Waals surface area contributed by atoms with E-state index in [1.54, 1.807) is 28.0 Å². The van der Waals surface area contributed by atoms with Gasteiger partial charge in [-0.25, -0.2) is 13.2 Å². The predicted octanol–water partition coefficient (Wildman–Crippen LogP) is 4.59. The van der Waals surface area contributed by atoms with E-state index in [1.807, 2.05) is 4.90 Å². The van der Waals surface area contributed by atoms with Gasteiger partial charge in [0, 0.05) is 38.6 Å². The van der Waals surface area contributed by atoms with Crippen molar-refractivity contribution in [3.63, 3.8) is 0 Å². The topological polar surface area (TPSA) is 53.1 Å². The minimum absolute atomic E-state index is 0.0642. The molecule has 0 aliphatic carbocycles. The van der Waals surface area contributed by atoms with E-state index in [0.29, 0.717) is 44.2 Å². The Morgan fingerprint density at radius 1 is 0.769 bits per heavy atom. The van der Waals surface area contributed by atoms with Crippen molar-refractivity contribution in [1.82, 2.24) is 9.80 Å². The average molecular weight is 538 g/mol. The lowest BCUT2D eigenvalue weighted by atomic mass is 9.87. The highest BCUT2D eigenvalue weighted by Crippen LogP contribution is 2.39. The van der Waals surface area contributed by atoms with Crippen molar-refractivity contribution >= 4 is 17.5 Å². The monoisotopic (exact) mass is 537 g/mol. The summed E-state index contributed by atoms with van der Waals surface area (Å²) >= 11 is 0. The minimum Gasteiger partial charge on any atom is -0.484 e. The number of piperazine rings is 1. The number of amides is 2. The van der Waals surface area contributed by atoms with Gasteiger partial charge in [0.05, 0.1) is 12.2 Å². The van der Waals surface area contributed by atoms with Gasteiger partial charge in [0.1, 0.15) is 23.2 Å². The molecule has 2 heterocycles. The standard InChI is InChI=1S/C30H30F3N3O3/c31-22-5-3-21(4-6-22)26-2-1-13-36(28-18-24(33)9-12-27(26)28)29(37)19-34-14-16-35(17-15-34)30(38)20-39-25-10-7-23(32)8-11-25/h3-12,18,26H,1-2,13-17,19-20H2. The molecule has 1 atom stereocenters. The van der Waals surface area contributed by atoms with E-state index >= 15 is 0 Å². The zero-order chi connectivity index (χ0) is 27.4. The summed E-state index contributed by atoms with van der Waals surface area (Å²) in [5, 5.41) is 0. The number of rotatable bonds is 6. The highest BCUT2D eigenvalue weighted by molar-refractivity contribution is 5.96. The Hall–Kier alpha value is -3.85. The van der Waals surface area contributed by atoms with Gasteiger partial charge in [0.15, 0.2) is 6.61 Å². The minimum atomic E-state index is -0.415. The Labute approximate surface area is 225 Å². The van der Waals surface area contributed by atoms with Crippen LogP contribution in [-0.2, 0) is 9.59 Å². The summed E-state index contributed by atoms with van der Waals surface area (Å²) in [6.07, 6.45) is 1.48. The molecule has 0 aromatic heterocycles. The van der Waals surface area contributed by atoms with Crippen LogP contribution in [0.15, 0.2) is 66.7 Å². The molecule has 1 saturated heterocycles. The van der Waals surface area contributed by atoms with Crippen LogP contribution < -0.4 is 9.64 Å². The first-order valence-electron chi connectivity index (χ1n) is 13.1. The molecule has 5 rings (SSSR count). The van der Waals surface area contributed by atoms with Crippen LogP contribution in [-0.4, -0.2) is 67.5 Å². The Balaban J connectivity index is 1.20. The van der Waals surface area contributed by atoms with Gasteiger partial charge in [-0.2, -0.15) is 0 Å². The summed E-state index contributed by atoms with van der Waals surface area (Å²) in [7, 11) is 0. The molecule has 0 radical (unpaired) electrons. The maximum Gasteiger partial charge on any atom is 0.260 e. The first kappa shape index (κ1) is 26.7. The summed E-state index contributed by atoms with van der Waals surface area (Å²) in [5.41, 5.74) is 2.34. The van der Waals surface area contributed by atoms with Crippen molar-refractivity contribution in [1.29, 1.82) is 0 Å². The third-order valence-corrected chi connectivity index (χ3v) is 7.37. The van der Waals surface area contributed by atoms with E-state index in [4.69, 9.17) is 4.74 Å². The molecule has 6 nitrogen and oxygen atoms in total. The average Bonchev–Trinajstić information content (AvgIpc) is 3.13. The smallest absolute Gasteiger partial charge is 0.260 e. The van der Waals surface area contributed by atoms with Crippen molar-refractivity contribution in [3.05, 3.63) is 95.3 Å². The quantitative estimate of drug-likeness (QED) is 0.462. The Bertz CT molecular complexity index is 1310. The fraction of sp³-hybridized carbons (Fsp3) is 0.333. The van der Waals surface area contributed by atoms with Gasteiger partial charge in [-0.15, -0.1) is 0 Å². The molecular weight excluding hydrogens is 507 g/mol. The van der Waals surface area contributed by atoms with Gasteiger partial charge >= 0.3 is 0 Å². The number of carbonyl (C=O) groups excluding carboxylic acids is 2. The van der Waals surface area contributed by atoms with Crippen molar-refractivity contribution in [2.24, 2.45) is 0 Å². The fourth-order valence-corrected chi connectivity index (χ4v) is 5.27. The molecule has 204 valence electrons. The summed E-state index contributed by atoms with van der Waals surface area (Å²) in [4.78, 5) is 31.4. The number of hydrogen-bond acceptors (Lipinski definition) is 4. The highest BCUT2D eigenvalue weighted by atomic mass is 19.1. The van der Waals surface area contributed by atoms with Crippen molar-refractivity contribution < 1.29 is 27.5 Å². The van der Waals surface area contributed by atoms with E-state index in [1.165, 1.54) is 48.5 Å². The number of fused-ring (bicyclic) bond motifs is 1. The third kappa shape index (κ3) is 6.42. The van der Waals surface area contributed by atoms with Gasteiger partial charge in [-0.05, 0) is 72.5 Å². The molecule has 3 aromatic rings. The van der Waals surface area contributed by atoms with Crippen LogP contribution in [0.25, 0.3) is 0 Å². The second-order valence-corrected chi connectivity index (χ2v) is 9.89. The Morgan fingerprint density at radius 2 is 1.41 bits per heavy atom. The van der Waals surface area contributed by atoms with E-state index in [0.717, 1.165) is 24.0 Å². The van der Waals surface area contributed by atoms with Gasteiger partial charge in [0.25, 0.3) is 5.91 Å². The molecule has 0 bridgehead atoms. The molecule has 2 aliphatic heterocycles. The Morgan fingerprint density at radius 3 is 2.10 bits per heavy atom. The number of benzene rings is 3. The molecule has 0 spiro atoms. The lowest BCUT2D eigenvalue weighted by molar-refractivity contribution is -0.135. The summed E-state index contributed by atoms with van der Waals surface area (Å²) in [6.45, 7) is 2.44. The molecule has 2 amide bonds. The number of anilines is 1. The number of nitrogens with zero attached hydrogens (tertiary/aromatic N) is 3. The SMILES string of the molecule is O=C(COc1ccc(F)cc1)N1CCN(CC(=O)N2CCCC(c3ccc(F)cc3)c3ccc(F)cc32)CC1. The third-order valence-electron chi connectivity index (χ3n) is 7.37. The van der Waals surface area contributed by atoms with Gasteiger partial charge in [0.2, 0.25) is 5.91 Å². The molecule has 9 heteroatoms. The molecule has 2 aliphatic rings. The molecule has 1 fully saturated rings. The van der Waals surface area contributed by atoms with E-state index < -0.39 is 5.82 Å². The van der Waals surface area contributed by atoms with Gasteiger partial charge in [-0.1, -0.05) is 18.2 Å². The van der Waals surface area contributed by atoms with Crippen LogP contribution in [0, 0.1) is 17.5 Å². The molecule has 1 unspecified atom stereocenters. The fourth-order valence-electron chi connectivity index (χ4n) is 5.27. The predicted molar refractivity (Wildman–Crippen MR) is 141 cm³/mol. The highest BCUT2D eigenvalue weighted by Gasteiger charge is 2.30.